The van der Waals surface area contributed by atoms with E-state index in [0.29, 0.717) is 19.0 Å². The first-order valence-electron chi connectivity index (χ1n) is 6.09. The zero-order valence-corrected chi connectivity index (χ0v) is 11.0. The number of amides is 1. The van der Waals surface area contributed by atoms with Crippen LogP contribution in [0.15, 0.2) is 24.3 Å². The summed E-state index contributed by atoms with van der Waals surface area (Å²) in [5.74, 6) is -0.936. The number of aromatic carboxylic acids is 1. The lowest BCUT2D eigenvalue weighted by atomic mass is 10.1. The van der Waals surface area contributed by atoms with E-state index >= 15 is 0 Å². The minimum atomic E-state index is -1.07. The lowest BCUT2D eigenvalue weighted by molar-refractivity contribution is 0.0673. The second-order valence-electron chi connectivity index (χ2n) is 4.59. The van der Waals surface area contributed by atoms with E-state index in [1.54, 1.807) is 23.1 Å². The minimum Gasteiger partial charge on any atom is -0.478 e. The molecule has 0 bridgehead atoms. The van der Waals surface area contributed by atoms with Gasteiger partial charge < -0.3 is 10.0 Å². The fraction of sp³-hybridized carbons (Fsp3) is 0.429. The van der Waals surface area contributed by atoms with Crippen LogP contribution in [0.5, 0.6) is 0 Å². The van der Waals surface area contributed by atoms with Crippen molar-refractivity contribution in [2.24, 2.45) is 5.92 Å². The van der Waals surface area contributed by atoms with Crippen LogP contribution in [0, 0.1) is 5.92 Å². The first-order chi connectivity index (χ1) is 8.47. The van der Waals surface area contributed by atoms with Crippen LogP contribution in [0.3, 0.4) is 0 Å². The Labute approximate surface area is 107 Å². The van der Waals surface area contributed by atoms with Gasteiger partial charge in [-0.25, -0.2) is 4.79 Å². The van der Waals surface area contributed by atoms with Gasteiger partial charge in [0.25, 0.3) is 5.91 Å². The Morgan fingerprint density at radius 3 is 2.22 bits per heavy atom. The average molecular weight is 249 g/mol. The molecule has 0 saturated carbocycles. The largest absolute Gasteiger partial charge is 0.478 e. The summed E-state index contributed by atoms with van der Waals surface area (Å²) in [7, 11) is 0. The van der Waals surface area contributed by atoms with Gasteiger partial charge in [-0.1, -0.05) is 26.0 Å². The van der Waals surface area contributed by atoms with Gasteiger partial charge in [0.15, 0.2) is 0 Å². The number of carboxylic acids is 1. The van der Waals surface area contributed by atoms with Crippen molar-refractivity contribution >= 4 is 11.9 Å². The highest BCUT2D eigenvalue weighted by Gasteiger charge is 2.20. The van der Waals surface area contributed by atoms with Crippen molar-refractivity contribution in [3.63, 3.8) is 0 Å². The SMILES string of the molecule is CCN(CC(C)C)C(=O)c1ccccc1C(=O)O. The molecule has 18 heavy (non-hydrogen) atoms. The predicted molar refractivity (Wildman–Crippen MR) is 69.8 cm³/mol. The van der Waals surface area contributed by atoms with Crippen molar-refractivity contribution in [3.05, 3.63) is 35.4 Å². The fourth-order valence-corrected chi connectivity index (χ4v) is 1.82. The molecule has 0 radical (unpaired) electrons. The zero-order valence-electron chi connectivity index (χ0n) is 11.0. The summed E-state index contributed by atoms with van der Waals surface area (Å²) < 4.78 is 0. The van der Waals surface area contributed by atoms with E-state index in [0.717, 1.165) is 0 Å². The van der Waals surface area contributed by atoms with Crippen molar-refractivity contribution in [2.45, 2.75) is 20.8 Å². The second-order valence-corrected chi connectivity index (χ2v) is 4.59. The van der Waals surface area contributed by atoms with Crippen molar-refractivity contribution in [2.75, 3.05) is 13.1 Å². The first-order valence-corrected chi connectivity index (χ1v) is 6.09. The lowest BCUT2D eigenvalue weighted by Gasteiger charge is -2.23. The molecule has 4 heteroatoms. The molecule has 0 aliphatic rings. The number of hydrogen-bond donors (Lipinski definition) is 1. The van der Waals surface area contributed by atoms with Gasteiger partial charge in [-0.2, -0.15) is 0 Å². The highest BCUT2D eigenvalue weighted by Crippen LogP contribution is 2.13. The molecule has 0 aromatic heterocycles. The highest BCUT2D eigenvalue weighted by molar-refractivity contribution is 6.04. The van der Waals surface area contributed by atoms with Crippen LogP contribution >= 0.6 is 0 Å². The summed E-state index contributed by atoms with van der Waals surface area (Å²) in [5.41, 5.74) is 0.317. The summed E-state index contributed by atoms with van der Waals surface area (Å²) in [6.45, 7) is 7.15. The van der Waals surface area contributed by atoms with E-state index in [-0.39, 0.29) is 17.0 Å². The standard InChI is InChI=1S/C14H19NO3/c1-4-15(9-10(2)3)13(16)11-7-5-6-8-12(11)14(17)18/h5-8,10H,4,9H2,1-3H3,(H,17,18). The third-order valence-corrected chi connectivity index (χ3v) is 2.64. The van der Waals surface area contributed by atoms with E-state index in [1.807, 2.05) is 20.8 Å². The maximum atomic E-state index is 12.3. The van der Waals surface area contributed by atoms with Crippen molar-refractivity contribution in [1.82, 2.24) is 4.90 Å². The quantitative estimate of drug-likeness (QED) is 0.872. The van der Waals surface area contributed by atoms with Crippen LogP contribution < -0.4 is 0 Å². The third kappa shape index (κ3) is 3.32. The summed E-state index contributed by atoms with van der Waals surface area (Å²) in [4.78, 5) is 25.1. The molecule has 0 fully saturated rings. The van der Waals surface area contributed by atoms with Gasteiger partial charge >= 0.3 is 5.97 Å². The van der Waals surface area contributed by atoms with Crippen molar-refractivity contribution in [1.29, 1.82) is 0 Å². The molecular weight excluding hydrogens is 230 g/mol. The number of nitrogens with zero attached hydrogens (tertiary/aromatic N) is 1. The Bertz CT molecular complexity index is 440. The average Bonchev–Trinajstić information content (AvgIpc) is 2.34. The number of hydrogen-bond acceptors (Lipinski definition) is 2. The van der Waals surface area contributed by atoms with Gasteiger partial charge in [-0.05, 0) is 25.0 Å². The molecule has 1 amide bonds. The maximum absolute atomic E-state index is 12.3. The van der Waals surface area contributed by atoms with Gasteiger partial charge in [0, 0.05) is 13.1 Å². The molecule has 1 aromatic carbocycles. The molecule has 1 aromatic rings. The fourth-order valence-electron chi connectivity index (χ4n) is 1.82. The van der Waals surface area contributed by atoms with Crippen LogP contribution in [0.4, 0.5) is 0 Å². The molecule has 0 atom stereocenters. The summed E-state index contributed by atoms with van der Waals surface area (Å²) in [6, 6.07) is 6.33. The summed E-state index contributed by atoms with van der Waals surface area (Å²) in [5, 5.41) is 9.08. The van der Waals surface area contributed by atoms with Crippen LogP contribution in [-0.2, 0) is 0 Å². The van der Waals surface area contributed by atoms with Gasteiger partial charge in [0.05, 0.1) is 11.1 Å². The van der Waals surface area contributed by atoms with E-state index in [4.69, 9.17) is 5.11 Å². The molecular formula is C14H19NO3. The minimum absolute atomic E-state index is 0.0599. The van der Waals surface area contributed by atoms with E-state index in [9.17, 15) is 9.59 Å². The monoisotopic (exact) mass is 249 g/mol. The van der Waals surface area contributed by atoms with E-state index < -0.39 is 5.97 Å². The van der Waals surface area contributed by atoms with Crippen LogP contribution in [0.2, 0.25) is 0 Å². The smallest absolute Gasteiger partial charge is 0.336 e. The maximum Gasteiger partial charge on any atom is 0.336 e. The zero-order chi connectivity index (χ0) is 13.7. The molecule has 0 saturated heterocycles. The Balaban J connectivity index is 3.05. The Kier molecular flexibility index (Phi) is 4.89. The van der Waals surface area contributed by atoms with Crippen molar-refractivity contribution in [3.8, 4) is 0 Å². The Morgan fingerprint density at radius 1 is 1.22 bits per heavy atom. The van der Waals surface area contributed by atoms with Crippen LogP contribution in [0.1, 0.15) is 41.5 Å². The van der Waals surface area contributed by atoms with Gasteiger partial charge in [-0.3, -0.25) is 4.79 Å². The molecule has 0 aliphatic carbocycles. The molecule has 4 nitrogen and oxygen atoms in total. The molecule has 0 heterocycles. The predicted octanol–water partition coefficient (Wildman–Crippen LogP) is 2.50. The number of carbonyl (C=O) groups excluding carboxylic acids is 1. The normalized spacial score (nSPS) is 10.4. The molecule has 0 spiro atoms. The molecule has 98 valence electrons. The van der Waals surface area contributed by atoms with Crippen molar-refractivity contribution < 1.29 is 14.7 Å². The summed E-state index contributed by atoms with van der Waals surface area (Å²) in [6.07, 6.45) is 0. The lowest BCUT2D eigenvalue weighted by Crippen LogP contribution is -2.34. The Morgan fingerprint density at radius 2 is 1.78 bits per heavy atom. The number of benzene rings is 1. The van der Waals surface area contributed by atoms with Crippen LogP contribution in [0.25, 0.3) is 0 Å². The number of carboxylic acid groups (broad SMARTS) is 1. The molecule has 1 rings (SSSR count). The Hall–Kier alpha value is -1.84. The topological polar surface area (TPSA) is 57.6 Å². The second kappa shape index (κ2) is 6.19. The molecule has 0 aliphatic heterocycles. The van der Waals surface area contributed by atoms with E-state index in [1.165, 1.54) is 6.07 Å². The van der Waals surface area contributed by atoms with E-state index in [2.05, 4.69) is 0 Å². The van der Waals surface area contributed by atoms with Gasteiger partial charge in [-0.15, -0.1) is 0 Å². The summed E-state index contributed by atoms with van der Waals surface area (Å²) >= 11 is 0. The molecule has 0 unspecified atom stereocenters. The van der Waals surface area contributed by atoms with Crippen LogP contribution in [-0.4, -0.2) is 35.0 Å². The number of carbonyl (C=O) groups is 2. The van der Waals surface area contributed by atoms with Gasteiger partial charge in [0.2, 0.25) is 0 Å². The highest BCUT2D eigenvalue weighted by atomic mass is 16.4. The molecule has 1 N–H and O–H groups in total. The third-order valence-electron chi connectivity index (χ3n) is 2.64. The van der Waals surface area contributed by atoms with Gasteiger partial charge in [0.1, 0.15) is 0 Å². The first kappa shape index (κ1) is 14.2. The number of rotatable bonds is 5.